The molecule has 4 heterocycles. The van der Waals surface area contributed by atoms with Crippen LogP contribution in [0.25, 0.3) is 40.6 Å². The van der Waals surface area contributed by atoms with Gasteiger partial charge in [-0.1, -0.05) is 0 Å². The van der Waals surface area contributed by atoms with Gasteiger partial charge in [0.25, 0.3) is 5.24 Å². The number of aromatic nitrogens is 4. The summed E-state index contributed by atoms with van der Waals surface area (Å²) in [5.74, 6) is 0.755. The van der Waals surface area contributed by atoms with Crippen LogP contribution >= 0.6 is 78.8 Å². The van der Waals surface area contributed by atoms with Gasteiger partial charge in [0.1, 0.15) is 34.0 Å². The normalized spacial score (nSPS) is 19.2. The van der Waals surface area contributed by atoms with Gasteiger partial charge in [-0.05, 0) is 128 Å². The van der Waals surface area contributed by atoms with Gasteiger partial charge in [-0.15, -0.1) is 45.9 Å². The van der Waals surface area contributed by atoms with Gasteiger partial charge in [-0.2, -0.15) is 0 Å². The third-order valence-corrected chi connectivity index (χ3v) is 12.9. The van der Waals surface area contributed by atoms with Gasteiger partial charge in [0.05, 0.1) is 21.7 Å². The topological polar surface area (TPSA) is 154 Å². The number of carbonyl (C=O) groups excluding carboxylic acids is 1. The number of nitrogens with zero attached hydrogens (tertiary/aromatic N) is 6. The first-order valence-electron chi connectivity index (χ1n) is 18.7. The van der Waals surface area contributed by atoms with Crippen molar-refractivity contribution in [3.05, 3.63) is 60.2 Å². The quantitative estimate of drug-likeness (QED) is 0.0983. The minimum Gasteiger partial charge on any atom is -0.478 e. The number of carbonyl (C=O) groups is 2. The van der Waals surface area contributed by atoms with Crippen molar-refractivity contribution in [3.63, 3.8) is 0 Å². The van der Waals surface area contributed by atoms with Gasteiger partial charge < -0.3 is 25.5 Å². The van der Waals surface area contributed by atoms with Crippen LogP contribution in [0, 0.1) is 0 Å². The van der Waals surface area contributed by atoms with Gasteiger partial charge in [-0.25, -0.2) is 28.9 Å². The Morgan fingerprint density at radius 3 is 1.44 bits per heavy atom. The molecular formula is C39H45Cl5N8O4S3. The number of anilines is 2. The Labute approximate surface area is 377 Å². The molecular weight excluding hydrogens is 918 g/mol. The van der Waals surface area contributed by atoms with E-state index in [-0.39, 0.29) is 5.34 Å². The number of hydrogen-bond acceptors (Lipinski definition) is 13. The van der Waals surface area contributed by atoms with E-state index < -0.39 is 20.4 Å². The second-order valence-corrected chi connectivity index (χ2v) is 20.3. The Kier molecular flexibility index (Phi) is 18.0. The molecule has 0 spiro atoms. The molecule has 4 aromatic heterocycles. The molecule has 318 valence electrons. The number of alkyl halides is 2. The summed E-state index contributed by atoms with van der Waals surface area (Å²) in [4.78, 5) is 47.1. The van der Waals surface area contributed by atoms with E-state index in [1.165, 1.54) is 25.7 Å². The SMILES string of the molecule is CN(C)C1CCC(Nc2ncnc3sc4ccc(C(=O)Cl)cc4c23)CC1.CN(C)C1CCC(Nc2ncnc3sc4ccc(C(=O)O)cc4c23)CC1.ClCCl.O=S(Cl)Cl. The number of benzene rings is 2. The zero-order chi connectivity index (χ0) is 42.8. The lowest BCUT2D eigenvalue weighted by atomic mass is 9.90. The van der Waals surface area contributed by atoms with Crippen LogP contribution in [0.4, 0.5) is 11.6 Å². The Hall–Kier alpha value is -2.70. The van der Waals surface area contributed by atoms with Crippen LogP contribution in [0.3, 0.4) is 0 Å². The average molecular weight is 963 g/mol. The number of fused-ring (bicyclic) bond motifs is 6. The highest BCUT2D eigenvalue weighted by Gasteiger charge is 2.25. The molecule has 0 unspecified atom stereocenters. The number of thiophene rings is 2. The maximum atomic E-state index is 11.6. The fourth-order valence-electron chi connectivity index (χ4n) is 7.55. The second kappa shape index (κ2) is 22.4. The molecule has 6 aromatic rings. The number of hydrogen-bond donors (Lipinski definition) is 3. The van der Waals surface area contributed by atoms with Crippen LogP contribution in [0.15, 0.2) is 49.1 Å². The molecule has 0 radical (unpaired) electrons. The fraction of sp³-hybridized carbons (Fsp3) is 0.436. The number of carboxylic acid groups (broad SMARTS) is 1. The zero-order valence-electron chi connectivity index (χ0n) is 32.8. The van der Waals surface area contributed by atoms with Crippen molar-refractivity contribution in [1.29, 1.82) is 0 Å². The van der Waals surface area contributed by atoms with Crippen LogP contribution in [0.1, 0.15) is 72.1 Å². The lowest BCUT2D eigenvalue weighted by molar-refractivity contribution is 0.0697. The van der Waals surface area contributed by atoms with Crippen molar-refractivity contribution in [3.8, 4) is 0 Å². The minimum absolute atomic E-state index is 0.194. The first-order chi connectivity index (χ1) is 28.2. The largest absolute Gasteiger partial charge is 0.478 e. The van der Waals surface area contributed by atoms with Crippen LogP contribution in [0.5, 0.6) is 0 Å². The summed E-state index contributed by atoms with van der Waals surface area (Å²) in [7, 11) is 15.9. The molecule has 0 saturated heterocycles. The first kappa shape index (κ1) is 47.4. The molecule has 2 aromatic carbocycles. The third-order valence-electron chi connectivity index (χ3n) is 10.5. The smallest absolute Gasteiger partial charge is 0.335 e. The molecule has 20 heteroatoms. The molecule has 3 N–H and O–H groups in total. The van der Waals surface area contributed by atoms with Crippen molar-refractivity contribution < 1.29 is 18.9 Å². The molecule has 2 aliphatic carbocycles. The summed E-state index contributed by atoms with van der Waals surface area (Å²) in [6.07, 6.45) is 12.4. The maximum Gasteiger partial charge on any atom is 0.335 e. The van der Waals surface area contributed by atoms with Crippen LogP contribution in [-0.2, 0) is 9.23 Å². The Morgan fingerprint density at radius 2 is 1.08 bits per heavy atom. The molecule has 2 saturated carbocycles. The van der Waals surface area contributed by atoms with Gasteiger partial charge >= 0.3 is 5.97 Å². The lowest BCUT2D eigenvalue weighted by Crippen LogP contribution is -2.36. The number of carboxylic acids is 1. The highest BCUT2D eigenvalue weighted by molar-refractivity contribution is 8.26. The predicted octanol–water partition coefficient (Wildman–Crippen LogP) is 10.8. The maximum absolute atomic E-state index is 11.6. The van der Waals surface area contributed by atoms with E-state index in [0.29, 0.717) is 35.3 Å². The van der Waals surface area contributed by atoms with E-state index in [1.807, 2.05) is 18.2 Å². The number of halogens is 5. The molecule has 0 atom stereocenters. The van der Waals surface area contributed by atoms with Crippen LogP contribution < -0.4 is 10.6 Å². The van der Waals surface area contributed by atoms with E-state index in [2.05, 4.69) is 89.9 Å². The molecule has 0 amide bonds. The molecule has 0 aliphatic heterocycles. The summed E-state index contributed by atoms with van der Waals surface area (Å²) in [6, 6.07) is 12.9. The van der Waals surface area contributed by atoms with E-state index in [9.17, 15) is 14.7 Å². The molecule has 2 fully saturated rings. The van der Waals surface area contributed by atoms with E-state index in [1.54, 1.807) is 53.5 Å². The van der Waals surface area contributed by atoms with Crippen molar-refractivity contribution in [2.45, 2.75) is 75.5 Å². The van der Waals surface area contributed by atoms with Gasteiger partial charge in [0.2, 0.25) is 9.23 Å². The minimum atomic E-state index is -1.67. The zero-order valence-corrected chi connectivity index (χ0v) is 39.0. The monoisotopic (exact) mass is 960 g/mol. The van der Waals surface area contributed by atoms with Crippen LogP contribution in [-0.4, -0.2) is 108 Å². The summed E-state index contributed by atoms with van der Waals surface area (Å²) >= 11 is 18.4. The number of rotatable bonds is 8. The highest BCUT2D eigenvalue weighted by Crippen LogP contribution is 2.39. The van der Waals surface area contributed by atoms with E-state index in [0.717, 1.165) is 77.9 Å². The lowest BCUT2D eigenvalue weighted by Gasteiger charge is -2.33. The van der Waals surface area contributed by atoms with Crippen molar-refractivity contribution >= 4 is 152 Å². The molecule has 8 rings (SSSR count). The Balaban J connectivity index is 0.000000194. The standard InChI is InChI=1S/C19H21ClN4OS.C19H22N4O2S.CH2Cl2.Cl2OS/c1-24(2)13-6-4-12(5-7-13)23-18-16-14-9-11(17(20)25)3-8-15(14)26-19(16)22-10-21-18;1-23(2)13-6-4-12(5-7-13)22-17-16-14-9-11(19(24)25)3-8-15(14)26-18(16)21-10-20-17;2-1-3;1-4(2)3/h3,8-10,12-13H,4-7H2,1-2H3,(H,21,22,23);3,8-10,12-13H,4-7H2,1-2H3,(H,24,25)(H,20,21,22);1H2;. The summed E-state index contributed by atoms with van der Waals surface area (Å²) in [5, 5.41) is 20.1. The van der Waals surface area contributed by atoms with Crippen molar-refractivity contribution in [2.75, 3.05) is 44.2 Å². The molecule has 12 nitrogen and oxygen atoms in total. The van der Waals surface area contributed by atoms with E-state index in [4.69, 9.17) is 39.0 Å². The second-order valence-electron chi connectivity index (χ2n) is 14.5. The fourth-order valence-corrected chi connectivity index (χ4v) is 9.72. The Bertz CT molecular complexity index is 2220. The van der Waals surface area contributed by atoms with E-state index >= 15 is 0 Å². The van der Waals surface area contributed by atoms with Gasteiger partial charge in [0.15, 0.2) is 0 Å². The predicted molar refractivity (Wildman–Crippen MR) is 250 cm³/mol. The highest BCUT2D eigenvalue weighted by atomic mass is 36.0. The van der Waals surface area contributed by atoms with Crippen molar-refractivity contribution in [1.82, 2.24) is 29.7 Å². The molecule has 2 aliphatic rings. The average Bonchev–Trinajstić information content (AvgIpc) is 3.77. The summed E-state index contributed by atoms with van der Waals surface area (Å²) in [5.41, 5.74) is 0.790. The first-order valence-corrected chi connectivity index (χ1v) is 24.6. The summed E-state index contributed by atoms with van der Waals surface area (Å²) < 4.78 is 11.2. The summed E-state index contributed by atoms with van der Waals surface area (Å²) in [6.45, 7) is 0. The van der Waals surface area contributed by atoms with Gasteiger partial charge in [-0.3, -0.25) is 4.79 Å². The Morgan fingerprint density at radius 1 is 0.712 bits per heavy atom. The number of nitrogens with one attached hydrogen (secondary N) is 2. The van der Waals surface area contributed by atoms with Gasteiger partial charge in [0, 0.05) is 71.3 Å². The third kappa shape index (κ3) is 12.7. The number of aromatic carboxylic acids is 1. The van der Waals surface area contributed by atoms with Crippen LogP contribution in [0.2, 0.25) is 0 Å². The molecule has 59 heavy (non-hydrogen) atoms. The van der Waals surface area contributed by atoms with Crippen molar-refractivity contribution in [2.24, 2.45) is 0 Å². The molecule has 0 bridgehead atoms.